The fraction of sp³-hybridized carbons (Fsp3) is 0.143. The molecule has 32 heavy (non-hydrogen) atoms. The predicted octanol–water partition coefficient (Wildman–Crippen LogP) is 2.85. The number of carbonyl (C=O) groups excluding carboxylic acids is 1. The Labute approximate surface area is 189 Å². The van der Waals surface area contributed by atoms with Gasteiger partial charge in [0.15, 0.2) is 11.5 Å². The fourth-order valence-electron chi connectivity index (χ4n) is 2.55. The highest BCUT2D eigenvalue weighted by Gasteiger charge is 2.13. The Morgan fingerprint density at radius 2 is 1.94 bits per heavy atom. The first-order chi connectivity index (χ1) is 15.6. The molecule has 0 bridgehead atoms. The number of nitrogen functional groups attached to an aromatic ring is 1. The van der Waals surface area contributed by atoms with Gasteiger partial charge in [0.1, 0.15) is 0 Å². The SMILES string of the molecule is COc1ccc(NC(=O)CSc2nnc(N/N=C/C=C/c3ccccc3)n2N)cc1OC. The molecule has 0 spiro atoms. The topological polar surface area (TPSA) is 129 Å². The van der Waals surface area contributed by atoms with Gasteiger partial charge in [-0.25, -0.2) is 10.1 Å². The van der Waals surface area contributed by atoms with E-state index in [2.05, 4.69) is 26.0 Å². The molecule has 3 aromatic rings. The summed E-state index contributed by atoms with van der Waals surface area (Å²) in [6.45, 7) is 0. The summed E-state index contributed by atoms with van der Waals surface area (Å²) in [6, 6.07) is 15.0. The van der Waals surface area contributed by atoms with Crippen molar-refractivity contribution in [2.75, 3.05) is 36.6 Å². The highest BCUT2D eigenvalue weighted by Crippen LogP contribution is 2.29. The third-order valence-corrected chi connectivity index (χ3v) is 5.02. The third-order valence-electron chi connectivity index (χ3n) is 4.08. The van der Waals surface area contributed by atoms with E-state index in [1.165, 1.54) is 11.8 Å². The van der Waals surface area contributed by atoms with Crippen LogP contribution in [0.25, 0.3) is 6.08 Å². The third kappa shape index (κ3) is 6.25. The molecule has 10 nitrogen and oxygen atoms in total. The number of hydrogen-bond donors (Lipinski definition) is 3. The number of rotatable bonds is 10. The summed E-state index contributed by atoms with van der Waals surface area (Å²) in [5, 5.41) is 15.1. The number of allylic oxidation sites excluding steroid dienone is 1. The summed E-state index contributed by atoms with van der Waals surface area (Å²) in [5.41, 5.74) is 4.36. The van der Waals surface area contributed by atoms with Crippen LogP contribution in [0.15, 0.2) is 64.9 Å². The van der Waals surface area contributed by atoms with Gasteiger partial charge in [-0.2, -0.15) is 5.10 Å². The molecule has 1 aromatic heterocycles. The molecule has 0 saturated heterocycles. The average molecular weight is 454 g/mol. The molecule has 0 aliphatic rings. The monoisotopic (exact) mass is 453 g/mol. The van der Waals surface area contributed by atoms with Gasteiger partial charge in [-0.15, -0.1) is 10.2 Å². The van der Waals surface area contributed by atoms with Crippen molar-refractivity contribution in [2.45, 2.75) is 5.16 Å². The van der Waals surface area contributed by atoms with Crippen molar-refractivity contribution in [3.63, 3.8) is 0 Å². The molecule has 0 unspecified atom stereocenters. The lowest BCUT2D eigenvalue weighted by atomic mass is 10.2. The summed E-state index contributed by atoms with van der Waals surface area (Å²) >= 11 is 1.14. The van der Waals surface area contributed by atoms with Crippen molar-refractivity contribution in [3.8, 4) is 11.5 Å². The minimum atomic E-state index is -0.233. The minimum Gasteiger partial charge on any atom is -0.493 e. The van der Waals surface area contributed by atoms with Gasteiger partial charge in [-0.3, -0.25) is 4.79 Å². The summed E-state index contributed by atoms with van der Waals surface area (Å²) in [7, 11) is 3.08. The molecule has 0 fully saturated rings. The lowest BCUT2D eigenvalue weighted by Gasteiger charge is -2.10. The van der Waals surface area contributed by atoms with Gasteiger partial charge in [0.25, 0.3) is 5.95 Å². The lowest BCUT2D eigenvalue weighted by Crippen LogP contribution is -2.17. The molecular formula is C21H23N7O3S. The zero-order chi connectivity index (χ0) is 22.8. The summed E-state index contributed by atoms with van der Waals surface area (Å²) in [4.78, 5) is 12.3. The molecular weight excluding hydrogens is 430 g/mol. The zero-order valence-corrected chi connectivity index (χ0v) is 18.4. The highest BCUT2D eigenvalue weighted by molar-refractivity contribution is 7.99. The average Bonchev–Trinajstić information content (AvgIpc) is 3.17. The number of amides is 1. The maximum Gasteiger partial charge on any atom is 0.264 e. The number of hydrazone groups is 1. The highest BCUT2D eigenvalue weighted by atomic mass is 32.2. The second-order valence-corrected chi connectivity index (χ2v) is 7.19. The van der Waals surface area contributed by atoms with E-state index in [0.717, 1.165) is 17.3 Å². The van der Waals surface area contributed by atoms with Crippen molar-refractivity contribution >= 4 is 41.6 Å². The Balaban J connectivity index is 1.49. The van der Waals surface area contributed by atoms with E-state index in [0.29, 0.717) is 22.3 Å². The van der Waals surface area contributed by atoms with Gasteiger partial charge in [-0.05, 0) is 23.8 Å². The van der Waals surface area contributed by atoms with Gasteiger partial charge in [-0.1, -0.05) is 48.2 Å². The Hall–Kier alpha value is -3.99. The minimum absolute atomic E-state index is 0.0900. The van der Waals surface area contributed by atoms with Crippen LogP contribution in [-0.2, 0) is 4.79 Å². The predicted molar refractivity (Wildman–Crippen MR) is 127 cm³/mol. The molecule has 4 N–H and O–H groups in total. The van der Waals surface area contributed by atoms with Gasteiger partial charge < -0.3 is 20.6 Å². The lowest BCUT2D eigenvalue weighted by molar-refractivity contribution is -0.113. The molecule has 0 aliphatic heterocycles. The number of benzene rings is 2. The summed E-state index contributed by atoms with van der Waals surface area (Å²) in [5.74, 6) is 7.18. The first-order valence-electron chi connectivity index (χ1n) is 9.46. The second-order valence-electron chi connectivity index (χ2n) is 6.24. The number of aromatic nitrogens is 3. The molecule has 1 amide bonds. The Kier molecular flexibility index (Phi) is 8.09. The van der Waals surface area contributed by atoms with Crippen LogP contribution in [0.3, 0.4) is 0 Å². The maximum absolute atomic E-state index is 12.3. The number of nitrogens with zero attached hydrogens (tertiary/aromatic N) is 4. The molecule has 3 rings (SSSR count). The van der Waals surface area contributed by atoms with E-state index >= 15 is 0 Å². The van der Waals surface area contributed by atoms with Crippen molar-refractivity contribution in [1.29, 1.82) is 0 Å². The Morgan fingerprint density at radius 3 is 2.69 bits per heavy atom. The molecule has 0 atom stereocenters. The molecule has 2 aromatic carbocycles. The van der Waals surface area contributed by atoms with Crippen molar-refractivity contribution in [1.82, 2.24) is 14.9 Å². The molecule has 11 heteroatoms. The zero-order valence-electron chi connectivity index (χ0n) is 17.6. The summed E-state index contributed by atoms with van der Waals surface area (Å²) in [6.07, 6.45) is 5.27. The van der Waals surface area contributed by atoms with Gasteiger partial charge in [0.2, 0.25) is 11.1 Å². The van der Waals surface area contributed by atoms with E-state index < -0.39 is 0 Å². The standard InChI is InChI=1S/C21H23N7O3S/c1-30-17-11-10-16(13-18(17)31-2)24-19(29)14-32-21-27-26-20(28(21)22)25-23-12-6-9-15-7-4-3-5-8-15/h3-13H,14,22H2,1-2H3,(H,24,29)(H,25,26)/b9-6+,23-12+. The van der Waals surface area contributed by atoms with Crippen LogP contribution in [0.5, 0.6) is 11.5 Å². The first-order valence-corrected chi connectivity index (χ1v) is 10.4. The molecule has 0 saturated carbocycles. The Bertz CT molecular complexity index is 1100. The van der Waals surface area contributed by atoms with Gasteiger partial charge in [0, 0.05) is 18.0 Å². The number of anilines is 2. The van der Waals surface area contributed by atoms with Crippen LogP contribution in [0.1, 0.15) is 5.56 Å². The first kappa shape index (κ1) is 22.7. The number of carbonyl (C=O) groups is 1. The van der Waals surface area contributed by atoms with E-state index in [9.17, 15) is 4.79 Å². The van der Waals surface area contributed by atoms with Crippen LogP contribution in [-0.4, -0.2) is 47.0 Å². The second kappa shape index (κ2) is 11.4. The quantitative estimate of drug-likeness (QED) is 0.185. The number of nitrogens with one attached hydrogen (secondary N) is 2. The van der Waals surface area contributed by atoms with Crippen molar-refractivity contribution < 1.29 is 14.3 Å². The van der Waals surface area contributed by atoms with Crippen LogP contribution >= 0.6 is 11.8 Å². The number of ether oxygens (including phenoxy) is 2. The molecule has 1 heterocycles. The van der Waals surface area contributed by atoms with E-state index in [4.69, 9.17) is 15.3 Å². The molecule has 0 radical (unpaired) electrons. The van der Waals surface area contributed by atoms with Crippen molar-refractivity contribution in [3.05, 3.63) is 60.2 Å². The van der Waals surface area contributed by atoms with Gasteiger partial charge >= 0.3 is 0 Å². The number of nitrogens with two attached hydrogens (primary N) is 1. The smallest absolute Gasteiger partial charge is 0.264 e. The van der Waals surface area contributed by atoms with Crippen LogP contribution in [0.2, 0.25) is 0 Å². The molecule has 166 valence electrons. The van der Waals surface area contributed by atoms with Gasteiger partial charge in [0.05, 0.1) is 20.0 Å². The van der Waals surface area contributed by atoms with Crippen LogP contribution < -0.4 is 26.1 Å². The number of hydrogen-bond acceptors (Lipinski definition) is 9. The van der Waals surface area contributed by atoms with Crippen molar-refractivity contribution in [2.24, 2.45) is 5.10 Å². The fourth-order valence-corrected chi connectivity index (χ4v) is 3.21. The Morgan fingerprint density at radius 1 is 1.16 bits per heavy atom. The van der Waals surface area contributed by atoms with E-state index in [-0.39, 0.29) is 17.6 Å². The molecule has 0 aliphatic carbocycles. The van der Waals surface area contributed by atoms with Crippen LogP contribution in [0, 0.1) is 0 Å². The largest absolute Gasteiger partial charge is 0.493 e. The van der Waals surface area contributed by atoms with E-state index in [1.54, 1.807) is 37.6 Å². The maximum atomic E-state index is 12.3. The van der Waals surface area contributed by atoms with Crippen LogP contribution in [0.4, 0.5) is 11.6 Å². The summed E-state index contributed by atoms with van der Waals surface area (Å²) < 4.78 is 11.6. The normalized spacial score (nSPS) is 11.1. The number of methoxy groups -OCH3 is 2. The number of thioether (sulfide) groups is 1. The van der Waals surface area contributed by atoms with E-state index in [1.807, 2.05) is 36.4 Å².